The van der Waals surface area contributed by atoms with Gasteiger partial charge in [0, 0.05) is 24.4 Å². The molecule has 0 unspecified atom stereocenters. The average molecular weight is 371 g/mol. The largest absolute Gasteiger partial charge is 0.451 e. The number of aryl methyl sites for hydroxylation is 1. The Hall–Kier alpha value is -2.30. The first-order chi connectivity index (χ1) is 12.2. The monoisotopic (exact) mass is 370 g/mol. The molecule has 0 bridgehead atoms. The van der Waals surface area contributed by atoms with Crippen molar-refractivity contribution in [1.82, 2.24) is 4.90 Å². The number of carbonyl (C=O) groups is 1. The van der Waals surface area contributed by atoms with Crippen molar-refractivity contribution in [2.24, 2.45) is 11.7 Å². The number of halogens is 1. The average Bonchev–Trinajstić information content (AvgIpc) is 3.27. The lowest BCUT2D eigenvalue weighted by Gasteiger charge is -2.16. The van der Waals surface area contributed by atoms with Crippen molar-refractivity contribution in [2.45, 2.75) is 12.8 Å². The van der Waals surface area contributed by atoms with Crippen molar-refractivity contribution in [1.29, 1.82) is 0 Å². The van der Waals surface area contributed by atoms with Gasteiger partial charge >= 0.3 is 0 Å². The Labute approximate surface area is 159 Å². The van der Waals surface area contributed by atoms with Crippen molar-refractivity contribution < 1.29 is 9.21 Å². The van der Waals surface area contributed by atoms with Gasteiger partial charge in [-0.1, -0.05) is 48.5 Å². The highest BCUT2D eigenvalue weighted by Gasteiger charge is 2.36. The fourth-order valence-electron chi connectivity index (χ4n) is 3.82. The summed E-state index contributed by atoms with van der Waals surface area (Å²) >= 11 is 0. The Morgan fingerprint density at radius 2 is 1.92 bits per heavy atom. The van der Waals surface area contributed by atoms with Crippen LogP contribution in [0.3, 0.4) is 0 Å². The molecule has 2 N–H and O–H groups in total. The number of hydrogen-bond donors (Lipinski definition) is 1. The van der Waals surface area contributed by atoms with Crippen LogP contribution in [0.25, 0.3) is 11.0 Å². The molecule has 1 aliphatic heterocycles. The summed E-state index contributed by atoms with van der Waals surface area (Å²) in [6.45, 7) is 3.92. The molecule has 1 amide bonds. The standard InChI is InChI=1S/C21H22N2O2.ClH/c1-14-6-5-9-16-10-19(25-20(14)16)21(24)23-12-17(11-22)18(13-23)15-7-3-2-4-8-15;/h2-10,17-18H,11-13,22H2,1H3;1H/t17-,18+;/m1./s1. The van der Waals surface area contributed by atoms with E-state index in [-0.39, 0.29) is 30.2 Å². The second kappa shape index (κ2) is 7.52. The van der Waals surface area contributed by atoms with Crippen LogP contribution in [-0.4, -0.2) is 30.4 Å². The maximum absolute atomic E-state index is 13.0. The molecular weight excluding hydrogens is 348 g/mol. The van der Waals surface area contributed by atoms with E-state index in [1.54, 1.807) is 0 Å². The fraction of sp³-hybridized carbons (Fsp3) is 0.286. The molecule has 136 valence electrons. The zero-order valence-corrected chi connectivity index (χ0v) is 15.5. The van der Waals surface area contributed by atoms with Crippen molar-refractivity contribution in [2.75, 3.05) is 19.6 Å². The SMILES string of the molecule is Cc1cccc2cc(C(=O)N3C[C@@H](CN)[C@H](c4ccccc4)C3)oc12.Cl. The quantitative estimate of drug-likeness (QED) is 0.758. The van der Waals surface area contributed by atoms with Gasteiger partial charge in [0.2, 0.25) is 0 Å². The van der Waals surface area contributed by atoms with Crippen LogP contribution < -0.4 is 5.73 Å². The van der Waals surface area contributed by atoms with Crippen LogP contribution in [0.1, 0.15) is 27.6 Å². The zero-order chi connectivity index (χ0) is 17.4. The molecule has 2 atom stereocenters. The van der Waals surface area contributed by atoms with E-state index in [0.29, 0.717) is 25.4 Å². The number of likely N-dealkylation sites (tertiary alicyclic amines) is 1. The molecule has 4 nitrogen and oxygen atoms in total. The Balaban J connectivity index is 0.00000196. The highest BCUT2D eigenvalue weighted by molar-refractivity contribution is 5.96. The molecule has 1 fully saturated rings. The molecule has 2 heterocycles. The molecular formula is C21H23ClN2O2. The van der Waals surface area contributed by atoms with Crippen molar-refractivity contribution in [3.63, 3.8) is 0 Å². The third-order valence-corrected chi connectivity index (χ3v) is 5.21. The van der Waals surface area contributed by atoms with Crippen LogP contribution in [0.5, 0.6) is 0 Å². The molecule has 1 aromatic heterocycles. The first-order valence-electron chi connectivity index (χ1n) is 8.71. The van der Waals surface area contributed by atoms with E-state index in [4.69, 9.17) is 10.2 Å². The van der Waals surface area contributed by atoms with Gasteiger partial charge in [-0.25, -0.2) is 0 Å². The van der Waals surface area contributed by atoms with Crippen LogP contribution in [0.2, 0.25) is 0 Å². The van der Waals surface area contributed by atoms with Gasteiger partial charge in [0.25, 0.3) is 5.91 Å². The number of amides is 1. The maximum Gasteiger partial charge on any atom is 0.289 e. The Bertz CT molecular complexity index is 907. The number of carbonyl (C=O) groups excluding carboxylic acids is 1. The van der Waals surface area contributed by atoms with E-state index in [1.807, 2.05) is 54.3 Å². The van der Waals surface area contributed by atoms with E-state index < -0.39 is 0 Å². The Morgan fingerprint density at radius 1 is 1.15 bits per heavy atom. The van der Waals surface area contributed by atoms with Gasteiger partial charge in [-0.05, 0) is 36.6 Å². The third kappa shape index (κ3) is 3.22. The van der Waals surface area contributed by atoms with Crippen LogP contribution >= 0.6 is 12.4 Å². The number of nitrogens with zero attached hydrogens (tertiary/aromatic N) is 1. The first kappa shape index (κ1) is 18.5. The third-order valence-electron chi connectivity index (χ3n) is 5.21. The van der Waals surface area contributed by atoms with Crippen LogP contribution in [0.4, 0.5) is 0 Å². The van der Waals surface area contributed by atoms with Gasteiger partial charge in [-0.2, -0.15) is 0 Å². The molecule has 2 aromatic carbocycles. The minimum absolute atomic E-state index is 0. The highest BCUT2D eigenvalue weighted by Crippen LogP contribution is 2.33. The Morgan fingerprint density at radius 3 is 2.62 bits per heavy atom. The zero-order valence-electron chi connectivity index (χ0n) is 14.7. The predicted molar refractivity (Wildman–Crippen MR) is 106 cm³/mol. The summed E-state index contributed by atoms with van der Waals surface area (Å²) in [6, 6.07) is 18.1. The number of para-hydroxylation sites is 1. The molecule has 1 aliphatic rings. The van der Waals surface area contributed by atoms with Gasteiger partial charge in [0.15, 0.2) is 5.76 Å². The van der Waals surface area contributed by atoms with Crippen molar-refractivity contribution >= 4 is 29.3 Å². The van der Waals surface area contributed by atoms with E-state index in [1.165, 1.54) is 5.56 Å². The molecule has 4 rings (SSSR count). The number of fused-ring (bicyclic) bond motifs is 1. The lowest BCUT2D eigenvalue weighted by Crippen LogP contribution is -2.29. The Kier molecular flexibility index (Phi) is 5.35. The molecule has 0 aliphatic carbocycles. The van der Waals surface area contributed by atoms with Gasteiger partial charge in [0.1, 0.15) is 5.58 Å². The molecule has 0 spiro atoms. The van der Waals surface area contributed by atoms with E-state index in [2.05, 4.69) is 12.1 Å². The van der Waals surface area contributed by atoms with Crippen LogP contribution in [-0.2, 0) is 0 Å². The molecule has 0 radical (unpaired) electrons. The summed E-state index contributed by atoms with van der Waals surface area (Å²) in [5.41, 5.74) is 9.06. The van der Waals surface area contributed by atoms with Crippen molar-refractivity contribution in [3.05, 3.63) is 71.5 Å². The minimum Gasteiger partial charge on any atom is -0.451 e. The second-order valence-corrected chi connectivity index (χ2v) is 6.83. The number of benzene rings is 2. The molecule has 5 heteroatoms. The number of nitrogens with two attached hydrogens (primary N) is 1. The molecule has 1 saturated heterocycles. The fourth-order valence-corrected chi connectivity index (χ4v) is 3.82. The molecule has 0 saturated carbocycles. The number of hydrogen-bond acceptors (Lipinski definition) is 3. The number of rotatable bonds is 3. The van der Waals surface area contributed by atoms with Gasteiger partial charge < -0.3 is 15.1 Å². The summed E-state index contributed by atoms with van der Waals surface area (Å²) in [5.74, 6) is 0.917. The maximum atomic E-state index is 13.0. The normalized spacial score (nSPS) is 19.5. The van der Waals surface area contributed by atoms with Gasteiger partial charge in [-0.3, -0.25) is 4.79 Å². The van der Waals surface area contributed by atoms with E-state index >= 15 is 0 Å². The summed E-state index contributed by atoms with van der Waals surface area (Å²) in [4.78, 5) is 14.8. The first-order valence-corrected chi connectivity index (χ1v) is 8.71. The van der Waals surface area contributed by atoms with Crippen LogP contribution in [0.15, 0.2) is 59.0 Å². The van der Waals surface area contributed by atoms with Gasteiger partial charge in [0.05, 0.1) is 0 Å². The lowest BCUT2D eigenvalue weighted by atomic mass is 9.89. The summed E-state index contributed by atoms with van der Waals surface area (Å²) < 4.78 is 5.86. The summed E-state index contributed by atoms with van der Waals surface area (Å²) in [5, 5.41) is 0.970. The molecule has 26 heavy (non-hydrogen) atoms. The lowest BCUT2D eigenvalue weighted by molar-refractivity contribution is 0.0757. The van der Waals surface area contributed by atoms with Crippen molar-refractivity contribution in [3.8, 4) is 0 Å². The number of furan rings is 1. The minimum atomic E-state index is -0.0486. The van der Waals surface area contributed by atoms with Crippen LogP contribution in [0, 0.1) is 12.8 Å². The topological polar surface area (TPSA) is 59.5 Å². The van der Waals surface area contributed by atoms with E-state index in [0.717, 1.165) is 16.5 Å². The smallest absolute Gasteiger partial charge is 0.289 e. The summed E-state index contributed by atoms with van der Waals surface area (Å²) in [7, 11) is 0. The predicted octanol–water partition coefficient (Wildman–Crippen LogP) is 3.98. The van der Waals surface area contributed by atoms with E-state index in [9.17, 15) is 4.79 Å². The second-order valence-electron chi connectivity index (χ2n) is 6.83. The highest BCUT2D eigenvalue weighted by atomic mass is 35.5. The van der Waals surface area contributed by atoms with Gasteiger partial charge in [-0.15, -0.1) is 12.4 Å². The summed E-state index contributed by atoms with van der Waals surface area (Å²) in [6.07, 6.45) is 0. The molecule has 3 aromatic rings.